The van der Waals surface area contributed by atoms with Gasteiger partial charge in [-0.25, -0.2) is 4.39 Å². The molecular formula is C17H10FNO2. The molecule has 21 heavy (non-hydrogen) atoms. The van der Waals surface area contributed by atoms with Crippen molar-refractivity contribution < 1.29 is 14.3 Å². The molecule has 0 spiro atoms. The second kappa shape index (κ2) is 4.97. The molecule has 0 saturated carbocycles. The Kier molecular flexibility index (Phi) is 3.13. The summed E-state index contributed by atoms with van der Waals surface area (Å²) in [5.41, 5.74) is 1.06. The van der Waals surface area contributed by atoms with Crippen molar-refractivity contribution in [2.24, 2.45) is 0 Å². The van der Waals surface area contributed by atoms with Crippen LogP contribution in [0.4, 0.5) is 4.39 Å². The van der Waals surface area contributed by atoms with Gasteiger partial charge >= 0.3 is 0 Å². The maximum Gasteiger partial charge on any atom is 0.195 e. The number of carbonyl (C=O) groups excluding carboxylic acids is 1. The smallest absolute Gasteiger partial charge is 0.195 e. The van der Waals surface area contributed by atoms with Crippen molar-refractivity contribution in [3.05, 3.63) is 76.4 Å². The largest absolute Gasteiger partial charge is 0.383 e. The number of fused-ring (bicyclic) bond motifs is 1. The predicted molar refractivity (Wildman–Crippen MR) is 74.9 cm³/mol. The van der Waals surface area contributed by atoms with Gasteiger partial charge in [0.25, 0.3) is 0 Å². The van der Waals surface area contributed by atoms with Crippen LogP contribution in [0.3, 0.4) is 0 Å². The highest BCUT2D eigenvalue weighted by Crippen LogP contribution is 2.40. The predicted octanol–water partition coefficient (Wildman–Crippen LogP) is 3.17. The second-order valence-corrected chi connectivity index (χ2v) is 4.74. The van der Waals surface area contributed by atoms with Gasteiger partial charge in [0.15, 0.2) is 5.78 Å². The first-order valence-electron chi connectivity index (χ1n) is 6.35. The molecule has 0 fully saturated rings. The Morgan fingerprint density at radius 1 is 1.14 bits per heavy atom. The third kappa shape index (κ3) is 2.04. The van der Waals surface area contributed by atoms with Crippen molar-refractivity contribution in [1.29, 1.82) is 5.26 Å². The lowest BCUT2D eigenvalue weighted by Crippen LogP contribution is -2.02. The molecule has 0 amide bonds. The van der Waals surface area contributed by atoms with Gasteiger partial charge in [0, 0.05) is 11.1 Å². The molecule has 3 nitrogen and oxygen atoms in total. The number of benzene rings is 2. The molecule has 1 aliphatic rings. The van der Waals surface area contributed by atoms with Crippen LogP contribution >= 0.6 is 0 Å². The highest BCUT2D eigenvalue weighted by molar-refractivity contribution is 6.17. The van der Waals surface area contributed by atoms with Gasteiger partial charge in [-0.2, -0.15) is 5.26 Å². The zero-order valence-electron chi connectivity index (χ0n) is 10.9. The summed E-state index contributed by atoms with van der Waals surface area (Å²) in [6.07, 6.45) is -1.26. The average Bonchev–Trinajstić information content (AvgIpc) is 2.79. The number of aliphatic hydroxyl groups excluding tert-OH is 1. The minimum Gasteiger partial charge on any atom is -0.383 e. The second-order valence-electron chi connectivity index (χ2n) is 4.74. The summed E-state index contributed by atoms with van der Waals surface area (Å²) in [5, 5.41) is 18.9. The van der Waals surface area contributed by atoms with Crippen LogP contribution in [0.2, 0.25) is 0 Å². The molecule has 2 aromatic carbocycles. The summed E-state index contributed by atoms with van der Waals surface area (Å²) >= 11 is 0. The minimum absolute atomic E-state index is 0.171. The van der Waals surface area contributed by atoms with Crippen LogP contribution < -0.4 is 0 Å². The number of hydrogen-bond donors (Lipinski definition) is 1. The Morgan fingerprint density at radius 3 is 2.43 bits per heavy atom. The Hall–Kier alpha value is -2.77. The number of halogens is 1. The van der Waals surface area contributed by atoms with Crippen molar-refractivity contribution in [2.75, 3.05) is 0 Å². The van der Waals surface area contributed by atoms with Gasteiger partial charge in [0.1, 0.15) is 11.9 Å². The molecule has 0 saturated heterocycles. The summed E-state index contributed by atoms with van der Waals surface area (Å²) in [6.45, 7) is 0. The highest BCUT2D eigenvalue weighted by atomic mass is 19.1. The van der Waals surface area contributed by atoms with Crippen molar-refractivity contribution in [3.63, 3.8) is 0 Å². The van der Waals surface area contributed by atoms with E-state index in [2.05, 4.69) is 0 Å². The summed E-state index contributed by atoms with van der Waals surface area (Å²) in [6, 6.07) is 14.3. The van der Waals surface area contributed by atoms with Crippen LogP contribution in [0.5, 0.6) is 0 Å². The monoisotopic (exact) mass is 279 g/mol. The molecule has 0 heterocycles. The van der Waals surface area contributed by atoms with Crippen LogP contribution in [0.15, 0.2) is 54.1 Å². The zero-order chi connectivity index (χ0) is 15.0. The lowest BCUT2D eigenvalue weighted by molar-refractivity contribution is 0.101. The van der Waals surface area contributed by atoms with E-state index in [1.54, 1.807) is 24.3 Å². The summed E-state index contributed by atoms with van der Waals surface area (Å²) in [4.78, 5) is 12.2. The van der Waals surface area contributed by atoms with Gasteiger partial charge < -0.3 is 5.11 Å². The normalized spacial score (nSPS) is 19.1. The molecule has 0 aromatic heterocycles. The fraction of sp³-hybridized carbons (Fsp3) is 0.0588. The molecule has 4 heteroatoms. The molecule has 0 aliphatic heterocycles. The first-order valence-corrected chi connectivity index (χ1v) is 6.35. The molecule has 1 unspecified atom stereocenters. The minimum atomic E-state index is -1.26. The Morgan fingerprint density at radius 2 is 1.81 bits per heavy atom. The van der Waals surface area contributed by atoms with Gasteiger partial charge in [-0.3, -0.25) is 4.79 Å². The number of carbonyl (C=O) groups is 1. The van der Waals surface area contributed by atoms with E-state index >= 15 is 0 Å². The average molecular weight is 279 g/mol. The van der Waals surface area contributed by atoms with Gasteiger partial charge in [-0.05, 0) is 17.7 Å². The molecule has 1 N–H and O–H groups in total. The molecule has 3 rings (SSSR count). The fourth-order valence-electron chi connectivity index (χ4n) is 2.43. The highest BCUT2D eigenvalue weighted by Gasteiger charge is 2.36. The third-order valence-electron chi connectivity index (χ3n) is 3.52. The summed E-state index contributed by atoms with van der Waals surface area (Å²) in [7, 11) is 0. The lowest BCUT2D eigenvalue weighted by atomic mass is 10.0. The molecule has 1 atom stereocenters. The Balaban J connectivity index is 2.11. The van der Waals surface area contributed by atoms with Crippen LogP contribution in [0, 0.1) is 11.3 Å². The van der Waals surface area contributed by atoms with E-state index in [-0.39, 0.29) is 11.1 Å². The summed E-state index contributed by atoms with van der Waals surface area (Å²) in [5.74, 6) is -1.26. The van der Waals surface area contributed by atoms with E-state index in [1.807, 2.05) is 6.07 Å². The van der Waals surface area contributed by atoms with Crippen molar-refractivity contribution >= 4 is 11.6 Å². The van der Waals surface area contributed by atoms with Gasteiger partial charge in [0.05, 0.1) is 17.2 Å². The van der Waals surface area contributed by atoms with Gasteiger partial charge in [-0.1, -0.05) is 36.4 Å². The van der Waals surface area contributed by atoms with E-state index in [1.165, 1.54) is 24.3 Å². The quantitative estimate of drug-likeness (QED) is 0.815. The molecule has 1 aliphatic carbocycles. The number of Topliss-reactive ketones (excluding diaryl/α,β-unsaturated/α-hetero) is 1. The zero-order valence-corrected chi connectivity index (χ0v) is 10.9. The Bertz CT molecular complexity index is 800. The van der Waals surface area contributed by atoms with Crippen LogP contribution in [-0.4, -0.2) is 10.9 Å². The fourth-order valence-corrected chi connectivity index (χ4v) is 2.43. The Labute approximate surface area is 120 Å². The van der Waals surface area contributed by atoms with Crippen LogP contribution in [0.1, 0.15) is 33.2 Å². The molecule has 2 aromatic rings. The number of nitrogens with zero attached hydrogens (tertiary/aromatic N) is 1. The molecule has 0 bridgehead atoms. The van der Waals surface area contributed by atoms with Crippen molar-refractivity contribution in [3.8, 4) is 6.07 Å². The van der Waals surface area contributed by atoms with Crippen LogP contribution in [0.25, 0.3) is 5.83 Å². The van der Waals surface area contributed by atoms with Crippen LogP contribution in [-0.2, 0) is 0 Å². The van der Waals surface area contributed by atoms with E-state index in [4.69, 9.17) is 5.26 Å². The summed E-state index contributed by atoms with van der Waals surface area (Å²) < 4.78 is 14.6. The molecular weight excluding hydrogens is 269 g/mol. The topological polar surface area (TPSA) is 61.1 Å². The van der Waals surface area contributed by atoms with Crippen molar-refractivity contribution in [2.45, 2.75) is 6.10 Å². The first-order chi connectivity index (χ1) is 10.1. The SMILES string of the molecule is N#Cc1ccc(C(F)=C2C(=O)c3ccccc3C2O)cc1. The first kappa shape index (κ1) is 13.2. The van der Waals surface area contributed by atoms with Gasteiger partial charge in [0.2, 0.25) is 0 Å². The standard InChI is InChI=1S/C17H10FNO2/c18-15(11-7-5-10(9-19)6-8-11)14-16(20)12-3-1-2-4-13(12)17(14)21/h1-8,16,20H. The van der Waals surface area contributed by atoms with Gasteiger partial charge in [-0.15, -0.1) is 0 Å². The van der Waals surface area contributed by atoms with E-state index < -0.39 is 17.7 Å². The number of nitriles is 1. The van der Waals surface area contributed by atoms with E-state index in [9.17, 15) is 14.3 Å². The third-order valence-corrected chi connectivity index (χ3v) is 3.52. The molecule has 0 radical (unpaired) electrons. The lowest BCUT2D eigenvalue weighted by Gasteiger charge is -2.07. The number of aliphatic hydroxyl groups is 1. The number of rotatable bonds is 1. The molecule has 102 valence electrons. The van der Waals surface area contributed by atoms with E-state index in [0.29, 0.717) is 16.7 Å². The number of ketones is 1. The van der Waals surface area contributed by atoms with Crippen molar-refractivity contribution in [1.82, 2.24) is 0 Å². The maximum absolute atomic E-state index is 14.6. The number of hydrogen-bond acceptors (Lipinski definition) is 3. The maximum atomic E-state index is 14.6. The van der Waals surface area contributed by atoms with E-state index in [0.717, 1.165) is 0 Å².